The average molecular weight is 281 g/mol. The van der Waals surface area contributed by atoms with Crippen molar-refractivity contribution < 1.29 is 4.79 Å². The molecule has 0 bridgehead atoms. The second kappa shape index (κ2) is 6.57. The van der Waals surface area contributed by atoms with Crippen LogP contribution in [0.4, 0.5) is 0 Å². The predicted octanol–water partition coefficient (Wildman–Crippen LogP) is 4.36. The molecule has 0 saturated heterocycles. The number of hydrogen-bond acceptors (Lipinski definition) is 1. The van der Waals surface area contributed by atoms with E-state index in [0.29, 0.717) is 0 Å². The van der Waals surface area contributed by atoms with Crippen LogP contribution in [0, 0.1) is 13.8 Å². The Balaban J connectivity index is 2.12. The van der Waals surface area contributed by atoms with Gasteiger partial charge >= 0.3 is 0 Å². The number of carbonyl (C=O) groups is 1. The van der Waals surface area contributed by atoms with Crippen molar-refractivity contribution in [3.63, 3.8) is 0 Å². The molecule has 0 saturated carbocycles. The lowest BCUT2D eigenvalue weighted by molar-refractivity contribution is 0.0939. The molecule has 110 valence electrons. The molecule has 2 nitrogen and oxygen atoms in total. The van der Waals surface area contributed by atoms with Crippen LogP contribution in [-0.2, 0) is 6.42 Å². The molecule has 0 unspecified atom stereocenters. The number of hydrogen-bond donors (Lipinski definition) is 1. The van der Waals surface area contributed by atoms with Crippen LogP contribution in [-0.4, -0.2) is 5.91 Å². The zero-order chi connectivity index (χ0) is 15.4. The first kappa shape index (κ1) is 15.3. The fourth-order valence-corrected chi connectivity index (χ4v) is 2.38. The number of benzene rings is 2. The third-order valence-corrected chi connectivity index (χ3v) is 3.87. The van der Waals surface area contributed by atoms with Crippen LogP contribution in [0.25, 0.3) is 0 Å². The van der Waals surface area contributed by atoms with E-state index in [2.05, 4.69) is 36.5 Å². The van der Waals surface area contributed by atoms with Crippen LogP contribution in [0.2, 0.25) is 0 Å². The van der Waals surface area contributed by atoms with Crippen molar-refractivity contribution in [1.82, 2.24) is 5.32 Å². The Hall–Kier alpha value is -2.09. The molecule has 2 aromatic rings. The van der Waals surface area contributed by atoms with Crippen molar-refractivity contribution in [2.24, 2.45) is 0 Å². The number of carbonyl (C=O) groups excluding carboxylic acids is 1. The molecule has 0 aliphatic heterocycles. The quantitative estimate of drug-likeness (QED) is 0.886. The highest BCUT2D eigenvalue weighted by molar-refractivity contribution is 5.96. The van der Waals surface area contributed by atoms with Gasteiger partial charge in [-0.2, -0.15) is 0 Å². The van der Waals surface area contributed by atoms with E-state index < -0.39 is 0 Å². The molecular weight excluding hydrogens is 258 g/mol. The lowest BCUT2D eigenvalue weighted by Crippen LogP contribution is -2.27. The maximum absolute atomic E-state index is 12.4. The minimum atomic E-state index is -0.0109. The summed E-state index contributed by atoms with van der Waals surface area (Å²) in [6.07, 6.45) is 1.03. The molecule has 0 aromatic heterocycles. The van der Waals surface area contributed by atoms with Gasteiger partial charge in [-0.15, -0.1) is 0 Å². The van der Waals surface area contributed by atoms with E-state index in [1.807, 2.05) is 39.0 Å². The molecule has 0 spiro atoms. The highest BCUT2D eigenvalue weighted by atomic mass is 16.1. The maximum atomic E-state index is 12.4. The molecule has 0 aliphatic rings. The molecule has 2 heteroatoms. The van der Waals surface area contributed by atoms with Gasteiger partial charge in [0.1, 0.15) is 0 Å². The molecule has 1 amide bonds. The van der Waals surface area contributed by atoms with Gasteiger partial charge in [-0.25, -0.2) is 0 Å². The van der Waals surface area contributed by atoms with Gasteiger partial charge in [0, 0.05) is 5.56 Å². The number of amides is 1. The molecule has 0 heterocycles. The smallest absolute Gasteiger partial charge is 0.252 e. The van der Waals surface area contributed by atoms with E-state index in [1.54, 1.807) is 0 Å². The summed E-state index contributed by atoms with van der Waals surface area (Å²) in [6, 6.07) is 14.4. The van der Waals surface area contributed by atoms with Gasteiger partial charge < -0.3 is 5.32 Å². The minimum Gasteiger partial charge on any atom is -0.346 e. The largest absolute Gasteiger partial charge is 0.346 e. The summed E-state index contributed by atoms with van der Waals surface area (Å²) in [5.41, 5.74) is 5.31. The Labute approximate surface area is 127 Å². The summed E-state index contributed by atoms with van der Waals surface area (Å²) in [6.45, 7) is 8.13. The molecular formula is C19H23NO. The summed E-state index contributed by atoms with van der Waals surface area (Å²) < 4.78 is 0. The minimum absolute atomic E-state index is 0.00307. The van der Waals surface area contributed by atoms with Gasteiger partial charge in [-0.1, -0.05) is 48.9 Å². The van der Waals surface area contributed by atoms with E-state index >= 15 is 0 Å². The molecule has 0 radical (unpaired) electrons. The lowest BCUT2D eigenvalue weighted by Gasteiger charge is -2.16. The van der Waals surface area contributed by atoms with E-state index in [9.17, 15) is 4.79 Å². The van der Waals surface area contributed by atoms with Gasteiger partial charge in [0.05, 0.1) is 6.04 Å². The second-order valence-electron chi connectivity index (χ2n) is 5.61. The van der Waals surface area contributed by atoms with Gasteiger partial charge in [0.2, 0.25) is 0 Å². The molecule has 21 heavy (non-hydrogen) atoms. The molecule has 1 atom stereocenters. The van der Waals surface area contributed by atoms with Gasteiger partial charge in [-0.05, 0) is 49.9 Å². The van der Waals surface area contributed by atoms with E-state index in [0.717, 1.165) is 28.7 Å². The van der Waals surface area contributed by atoms with Crippen LogP contribution in [0.5, 0.6) is 0 Å². The van der Waals surface area contributed by atoms with Crippen molar-refractivity contribution >= 4 is 5.91 Å². The normalized spacial score (nSPS) is 12.0. The monoisotopic (exact) mass is 281 g/mol. The molecule has 1 N–H and O–H groups in total. The fourth-order valence-electron chi connectivity index (χ4n) is 2.38. The summed E-state index contributed by atoms with van der Waals surface area (Å²) >= 11 is 0. The Morgan fingerprint density at radius 2 is 1.76 bits per heavy atom. The van der Waals surface area contributed by atoms with Crippen molar-refractivity contribution in [2.45, 2.75) is 40.2 Å². The standard InChI is InChI=1S/C19H23NO/c1-5-16-8-10-17(11-9-16)15(4)20-19(21)18-12-13(2)6-7-14(18)3/h6-12,15H,5H2,1-4H3,(H,20,21)/t15-/m0/s1. The Bertz CT molecular complexity index is 629. The average Bonchev–Trinajstić information content (AvgIpc) is 2.49. The molecule has 2 aromatic carbocycles. The van der Waals surface area contributed by atoms with Crippen molar-refractivity contribution in [1.29, 1.82) is 0 Å². The summed E-state index contributed by atoms with van der Waals surface area (Å²) in [7, 11) is 0. The van der Waals surface area contributed by atoms with Crippen LogP contribution in [0.3, 0.4) is 0 Å². The van der Waals surface area contributed by atoms with E-state index in [4.69, 9.17) is 0 Å². The topological polar surface area (TPSA) is 29.1 Å². The van der Waals surface area contributed by atoms with Gasteiger partial charge in [0.25, 0.3) is 5.91 Å². The Kier molecular flexibility index (Phi) is 4.79. The number of rotatable bonds is 4. The van der Waals surface area contributed by atoms with Crippen LogP contribution >= 0.6 is 0 Å². The fraction of sp³-hybridized carbons (Fsp3) is 0.316. The first-order valence-electron chi connectivity index (χ1n) is 7.48. The second-order valence-corrected chi connectivity index (χ2v) is 5.61. The summed E-state index contributed by atoms with van der Waals surface area (Å²) in [5, 5.41) is 3.08. The van der Waals surface area contributed by atoms with Crippen molar-refractivity contribution in [3.8, 4) is 0 Å². The van der Waals surface area contributed by atoms with Gasteiger partial charge in [0.15, 0.2) is 0 Å². The zero-order valence-corrected chi connectivity index (χ0v) is 13.2. The summed E-state index contributed by atoms with van der Waals surface area (Å²) in [4.78, 5) is 12.4. The first-order chi connectivity index (χ1) is 10.0. The molecule has 0 aliphatic carbocycles. The Morgan fingerprint density at radius 1 is 1.10 bits per heavy atom. The lowest BCUT2D eigenvalue weighted by atomic mass is 10.0. The van der Waals surface area contributed by atoms with E-state index in [-0.39, 0.29) is 11.9 Å². The SMILES string of the molecule is CCc1ccc([C@H](C)NC(=O)c2cc(C)ccc2C)cc1. The zero-order valence-electron chi connectivity index (χ0n) is 13.2. The maximum Gasteiger partial charge on any atom is 0.252 e. The van der Waals surface area contributed by atoms with Crippen LogP contribution < -0.4 is 5.32 Å². The number of aryl methyl sites for hydroxylation is 3. The number of nitrogens with one attached hydrogen (secondary N) is 1. The van der Waals surface area contributed by atoms with Gasteiger partial charge in [-0.3, -0.25) is 4.79 Å². The Morgan fingerprint density at radius 3 is 2.38 bits per heavy atom. The predicted molar refractivity (Wildman–Crippen MR) is 87.6 cm³/mol. The van der Waals surface area contributed by atoms with Crippen LogP contribution in [0.1, 0.15) is 52.5 Å². The summed E-state index contributed by atoms with van der Waals surface area (Å²) in [5.74, 6) is -0.0109. The highest BCUT2D eigenvalue weighted by Crippen LogP contribution is 2.16. The van der Waals surface area contributed by atoms with E-state index in [1.165, 1.54) is 5.56 Å². The third-order valence-electron chi connectivity index (χ3n) is 3.87. The van der Waals surface area contributed by atoms with Crippen molar-refractivity contribution in [2.75, 3.05) is 0 Å². The first-order valence-corrected chi connectivity index (χ1v) is 7.48. The highest BCUT2D eigenvalue weighted by Gasteiger charge is 2.13. The van der Waals surface area contributed by atoms with Crippen LogP contribution in [0.15, 0.2) is 42.5 Å². The molecule has 0 fully saturated rings. The molecule has 2 rings (SSSR count). The third kappa shape index (κ3) is 3.72. The van der Waals surface area contributed by atoms with Crippen molar-refractivity contribution in [3.05, 3.63) is 70.3 Å².